The lowest BCUT2D eigenvalue weighted by Crippen LogP contribution is -2.00. The van der Waals surface area contributed by atoms with Gasteiger partial charge in [0.2, 0.25) is 0 Å². The molecule has 86 valence electrons. The van der Waals surface area contributed by atoms with Gasteiger partial charge in [0.1, 0.15) is 5.75 Å². The standard InChI is InChI=1S/C13H17NO2/c1-16-13-7-11(8-14-9-13)10-4-2-3-5-12(15)6-10/h6-9,12,15H,2-5H2,1H3. The first-order valence-electron chi connectivity index (χ1n) is 5.68. The molecule has 0 bridgehead atoms. The summed E-state index contributed by atoms with van der Waals surface area (Å²) in [5.74, 6) is 0.761. The molecule has 0 spiro atoms. The number of methoxy groups -OCH3 is 1. The maximum Gasteiger partial charge on any atom is 0.137 e. The molecule has 3 nitrogen and oxygen atoms in total. The van der Waals surface area contributed by atoms with E-state index >= 15 is 0 Å². The second kappa shape index (κ2) is 5.12. The Hall–Kier alpha value is -1.35. The zero-order chi connectivity index (χ0) is 11.4. The maximum absolute atomic E-state index is 9.72. The smallest absolute Gasteiger partial charge is 0.137 e. The summed E-state index contributed by atoms with van der Waals surface area (Å²) in [6.45, 7) is 0. The van der Waals surface area contributed by atoms with Crippen molar-refractivity contribution in [3.63, 3.8) is 0 Å². The summed E-state index contributed by atoms with van der Waals surface area (Å²) >= 11 is 0. The van der Waals surface area contributed by atoms with E-state index in [1.165, 1.54) is 5.57 Å². The monoisotopic (exact) mass is 219 g/mol. The molecular weight excluding hydrogens is 202 g/mol. The number of allylic oxidation sites excluding steroid dienone is 1. The number of aliphatic hydroxyl groups excluding tert-OH is 1. The summed E-state index contributed by atoms with van der Waals surface area (Å²) in [4.78, 5) is 4.14. The van der Waals surface area contributed by atoms with Gasteiger partial charge in [-0.05, 0) is 36.5 Å². The van der Waals surface area contributed by atoms with Crippen LogP contribution < -0.4 is 4.74 Å². The normalized spacial score (nSPS) is 21.1. The zero-order valence-corrected chi connectivity index (χ0v) is 9.52. The Labute approximate surface area is 95.8 Å². The van der Waals surface area contributed by atoms with Gasteiger partial charge in [0.05, 0.1) is 19.4 Å². The van der Waals surface area contributed by atoms with E-state index in [0.29, 0.717) is 0 Å². The molecule has 1 aromatic heterocycles. The molecule has 0 amide bonds. The Kier molecular flexibility index (Phi) is 3.57. The molecule has 0 fully saturated rings. The van der Waals surface area contributed by atoms with Crippen LogP contribution in [0.1, 0.15) is 31.2 Å². The van der Waals surface area contributed by atoms with Gasteiger partial charge in [-0.15, -0.1) is 0 Å². The number of nitrogens with zero attached hydrogens (tertiary/aromatic N) is 1. The first-order chi connectivity index (χ1) is 7.79. The molecule has 3 heteroatoms. The van der Waals surface area contributed by atoms with Gasteiger partial charge in [-0.3, -0.25) is 4.98 Å². The number of hydrogen-bond donors (Lipinski definition) is 1. The van der Waals surface area contributed by atoms with Crippen molar-refractivity contribution < 1.29 is 9.84 Å². The van der Waals surface area contributed by atoms with Gasteiger partial charge in [0.25, 0.3) is 0 Å². The Morgan fingerprint density at radius 2 is 2.25 bits per heavy atom. The predicted octanol–water partition coefficient (Wildman–Crippen LogP) is 2.41. The van der Waals surface area contributed by atoms with Crippen LogP contribution in [-0.4, -0.2) is 23.3 Å². The highest BCUT2D eigenvalue weighted by Crippen LogP contribution is 2.27. The van der Waals surface area contributed by atoms with Crippen molar-refractivity contribution in [2.24, 2.45) is 0 Å². The van der Waals surface area contributed by atoms with Gasteiger partial charge >= 0.3 is 0 Å². The molecule has 0 aliphatic heterocycles. The molecule has 0 saturated heterocycles. The number of ether oxygens (including phenoxy) is 1. The third-order valence-corrected chi connectivity index (χ3v) is 2.91. The molecule has 16 heavy (non-hydrogen) atoms. The highest BCUT2D eigenvalue weighted by atomic mass is 16.5. The summed E-state index contributed by atoms with van der Waals surface area (Å²) in [5.41, 5.74) is 2.23. The van der Waals surface area contributed by atoms with E-state index in [4.69, 9.17) is 4.74 Å². The second-order valence-corrected chi connectivity index (χ2v) is 4.12. The third-order valence-electron chi connectivity index (χ3n) is 2.91. The minimum absolute atomic E-state index is 0.316. The Bertz CT molecular complexity index is 387. The molecular formula is C13H17NO2. The Morgan fingerprint density at radius 1 is 1.38 bits per heavy atom. The van der Waals surface area contributed by atoms with E-state index in [2.05, 4.69) is 4.98 Å². The van der Waals surface area contributed by atoms with Crippen molar-refractivity contribution >= 4 is 5.57 Å². The lowest BCUT2D eigenvalue weighted by molar-refractivity contribution is 0.211. The summed E-state index contributed by atoms with van der Waals surface area (Å²) < 4.78 is 5.15. The molecule has 1 unspecified atom stereocenters. The van der Waals surface area contributed by atoms with Crippen molar-refractivity contribution in [1.82, 2.24) is 4.98 Å². The van der Waals surface area contributed by atoms with Gasteiger partial charge in [-0.1, -0.05) is 12.5 Å². The van der Waals surface area contributed by atoms with Crippen molar-refractivity contribution in [2.45, 2.75) is 31.8 Å². The van der Waals surface area contributed by atoms with E-state index in [-0.39, 0.29) is 6.10 Å². The Balaban J connectivity index is 2.27. The quantitative estimate of drug-likeness (QED) is 0.830. The van der Waals surface area contributed by atoms with Gasteiger partial charge in [-0.2, -0.15) is 0 Å². The molecule has 1 aliphatic rings. The van der Waals surface area contributed by atoms with E-state index in [0.717, 1.165) is 37.0 Å². The molecule has 1 heterocycles. The van der Waals surface area contributed by atoms with Crippen LogP contribution in [0.25, 0.3) is 5.57 Å². The molecule has 1 aliphatic carbocycles. The molecule has 1 aromatic rings. The number of hydrogen-bond acceptors (Lipinski definition) is 3. The van der Waals surface area contributed by atoms with Crippen LogP contribution in [-0.2, 0) is 0 Å². The van der Waals surface area contributed by atoms with Gasteiger partial charge in [-0.25, -0.2) is 0 Å². The van der Waals surface area contributed by atoms with E-state index in [9.17, 15) is 5.11 Å². The highest BCUT2D eigenvalue weighted by molar-refractivity contribution is 5.66. The van der Waals surface area contributed by atoms with Crippen LogP contribution in [0.4, 0.5) is 0 Å². The largest absolute Gasteiger partial charge is 0.495 e. The fourth-order valence-corrected chi connectivity index (χ4v) is 2.01. The fourth-order valence-electron chi connectivity index (χ4n) is 2.01. The minimum Gasteiger partial charge on any atom is -0.495 e. The number of rotatable bonds is 2. The molecule has 1 N–H and O–H groups in total. The van der Waals surface area contributed by atoms with Crippen molar-refractivity contribution in [3.05, 3.63) is 30.1 Å². The summed E-state index contributed by atoms with van der Waals surface area (Å²) in [6.07, 6.45) is 9.22. The van der Waals surface area contributed by atoms with Crippen molar-refractivity contribution in [1.29, 1.82) is 0 Å². The van der Waals surface area contributed by atoms with Crippen LogP contribution in [0.15, 0.2) is 24.5 Å². The highest BCUT2D eigenvalue weighted by Gasteiger charge is 2.11. The maximum atomic E-state index is 9.72. The molecule has 0 aromatic carbocycles. The van der Waals surface area contributed by atoms with Gasteiger partial charge in [0.15, 0.2) is 0 Å². The van der Waals surface area contributed by atoms with Crippen LogP contribution in [0.2, 0.25) is 0 Å². The summed E-state index contributed by atoms with van der Waals surface area (Å²) in [5, 5.41) is 9.72. The van der Waals surface area contributed by atoms with Crippen molar-refractivity contribution in [2.75, 3.05) is 7.11 Å². The lowest BCUT2D eigenvalue weighted by atomic mass is 10.0. The summed E-state index contributed by atoms with van der Waals surface area (Å²) in [7, 11) is 1.64. The third kappa shape index (κ3) is 2.61. The zero-order valence-electron chi connectivity index (χ0n) is 9.52. The molecule has 0 saturated carbocycles. The minimum atomic E-state index is -0.316. The van der Waals surface area contributed by atoms with Crippen LogP contribution >= 0.6 is 0 Å². The topological polar surface area (TPSA) is 42.4 Å². The SMILES string of the molecule is COc1cncc(C2=CC(O)CCCC2)c1. The first kappa shape index (κ1) is 11.1. The van der Waals surface area contributed by atoms with Crippen LogP contribution in [0, 0.1) is 0 Å². The van der Waals surface area contributed by atoms with Gasteiger partial charge in [0, 0.05) is 6.20 Å². The number of pyridine rings is 1. The van der Waals surface area contributed by atoms with E-state index in [1.807, 2.05) is 18.3 Å². The molecule has 2 rings (SSSR count). The average Bonchev–Trinajstić information content (AvgIpc) is 2.54. The van der Waals surface area contributed by atoms with Crippen LogP contribution in [0.3, 0.4) is 0 Å². The predicted molar refractivity (Wildman–Crippen MR) is 63.2 cm³/mol. The number of aromatic nitrogens is 1. The van der Waals surface area contributed by atoms with Crippen molar-refractivity contribution in [3.8, 4) is 5.75 Å². The fraction of sp³-hybridized carbons (Fsp3) is 0.462. The second-order valence-electron chi connectivity index (χ2n) is 4.12. The first-order valence-corrected chi connectivity index (χ1v) is 5.68. The van der Waals surface area contributed by atoms with Crippen LogP contribution in [0.5, 0.6) is 5.75 Å². The van der Waals surface area contributed by atoms with E-state index < -0.39 is 0 Å². The molecule has 1 atom stereocenters. The number of aliphatic hydroxyl groups is 1. The summed E-state index contributed by atoms with van der Waals surface area (Å²) in [6, 6.07) is 1.97. The van der Waals surface area contributed by atoms with E-state index in [1.54, 1.807) is 13.3 Å². The lowest BCUT2D eigenvalue weighted by Gasteiger charge is -2.07. The average molecular weight is 219 g/mol. The molecule has 0 radical (unpaired) electrons. The Morgan fingerprint density at radius 3 is 3.06 bits per heavy atom. The van der Waals surface area contributed by atoms with Gasteiger partial charge < -0.3 is 9.84 Å².